The Hall–Kier alpha value is -1.55. The number of anilines is 1. The summed E-state index contributed by atoms with van der Waals surface area (Å²) in [5.41, 5.74) is 7.69. The fraction of sp³-hybridized carbons (Fsp3) is 0.533. The zero-order chi connectivity index (χ0) is 13.8. The van der Waals surface area contributed by atoms with Gasteiger partial charge in [0.2, 0.25) is 5.91 Å². The third-order valence-electron chi connectivity index (χ3n) is 3.67. The Bertz CT molecular complexity index is 426. The highest BCUT2D eigenvalue weighted by Crippen LogP contribution is 2.28. The molecule has 0 aromatic heterocycles. The average Bonchev–Trinajstić information content (AvgIpc) is 3.23. The van der Waals surface area contributed by atoms with Crippen LogP contribution in [0.2, 0.25) is 0 Å². The van der Waals surface area contributed by atoms with Crippen LogP contribution in [0.3, 0.4) is 0 Å². The number of hydrogen-bond acceptors (Lipinski definition) is 3. The highest BCUT2D eigenvalue weighted by molar-refractivity contribution is 5.78. The van der Waals surface area contributed by atoms with Crippen LogP contribution < -0.4 is 5.73 Å². The Kier molecular flexibility index (Phi) is 4.43. The first-order chi connectivity index (χ1) is 9.10. The van der Waals surface area contributed by atoms with Gasteiger partial charge in [0, 0.05) is 31.9 Å². The zero-order valence-corrected chi connectivity index (χ0v) is 11.8. The maximum atomic E-state index is 12.0. The van der Waals surface area contributed by atoms with Crippen LogP contribution in [-0.2, 0) is 11.3 Å². The number of carbonyl (C=O) groups excluding carboxylic acids is 1. The second-order valence-corrected chi connectivity index (χ2v) is 5.29. The van der Waals surface area contributed by atoms with Crippen molar-refractivity contribution in [3.63, 3.8) is 0 Å². The number of nitrogen functional groups attached to an aromatic ring is 1. The summed E-state index contributed by atoms with van der Waals surface area (Å²) >= 11 is 0. The molecule has 1 saturated carbocycles. The Morgan fingerprint density at radius 2 is 1.95 bits per heavy atom. The van der Waals surface area contributed by atoms with E-state index in [1.807, 2.05) is 38.2 Å². The number of nitrogens with two attached hydrogens (primary N) is 1. The summed E-state index contributed by atoms with van der Waals surface area (Å²) in [4.78, 5) is 16.1. The van der Waals surface area contributed by atoms with Gasteiger partial charge in [-0.15, -0.1) is 0 Å². The molecule has 0 saturated heterocycles. The van der Waals surface area contributed by atoms with E-state index in [0.29, 0.717) is 12.6 Å². The van der Waals surface area contributed by atoms with E-state index in [1.54, 1.807) is 4.90 Å². The molecule has 1 fully saturated rings. The molecule has 0 aliphatic heterocycles. The predicted molar refractivity (Wildman–Crippen MR) is 77.6 cm³/mol. The third-order valence-corrected chi connectivity index (χ3v) is 3.67. The van der Waals surface area contributed by atoms with Crippen molar-refractivity contribution in [2.75, 3.05) is 25.9 Å². The van der Waals surface area contributed by atoms with Crippen molar-refractivity contribution in [2.45, 2.75) is 32.4 Å². The van der Waals surface area contributed by atoms with E-state index in [-0.39, 0.29) is 5.91 Å². The molecule has 0 radical (unpaired) electrons. The van der Waals surface area contributed by atoms with Crippen LogP contribution in [0.25, 0.3) is 0 Å². The second kappa shape index (κ2) is 6.06. The van der Waals surface area contributed by atoms with E-state index in [0.717, 1.165) is 18.8 Å². The molecule has 0 atom stereocenters. The SMILES string of the molecule is CCN(C)C(=O)CN(Cc1ccc(N)cc1)C1CC1. The molecule has 0 bridgehead atoms. The van der Waals surface area contributed by atoms with E-state index < -0.39 is 0 Å². The topological polar surface area (TPSA) is 49.6 Å². The first kappa shape index (κ1) is 13.9. The number of likely N-dealkylation sites (N-methyl/N-ethyl adjacent to an activating group) is 1. The highest BCUT2D eigenvalue weighted by atomic mass is 16.2. The molecule has 19 heavy (non-hydrogen) atoms. The standard InChI is InChI=1S/C15H23N3O/c1-3-17(2)15(19)11-18(14-8-9-14)10-12-4-6-13(16)7-5-12/h4-7,14H,3,8-11,16H2,1-2H3. The van der Waals surface area contributed by atoms with E-state index in [2.05, 4.69) is 4.90 Å². The van der Waals surface area contributed by atoms with Crippen molar-refractivity contribution in [1.29, 1.82) is 0 Å². The molecular formula is C15H23N3O. The Labute approximate surface area is 115 Å². The molecular weight excluding hydrogens is 238 g/mol. The van der Waals surface area contributed by atoms with Gasteiger partial charge in [-0.2, -0.15) is 0 Å². The molecule has 1 aromatic carbocycles. The summed E-state index contributed by atoms with van der Waals surface area (Å²) in [6.07, 6.45) is 2.41. The number of amides is 1. The van der Waals surface area contributed by atoms with E-state index in [4.69, 9.17) is 5.73 Å². The zero-order valence-electron chi connectivity index (χ0n) is 11.8. The van der Waals surface area contributed by atoms with Crippen LogP contribution in [0, 0.1) is 0 Å². The summed E-state index contributed by atoms with van der Waals surface area (Å²) in [7, 11) is 1.86. The van der Waals surface area contributed by atoms with Crippen LogP contribution in [0.4, 0.5) is 5.69 Å². The van der Waals surface area contributed by atoms with Crippen LogP contribution in [0.15, 0.2) is 24.3 Å². The first-order valence-electron chi connectivity index (χ1n) is 6.92. The minimum Gasteiger partial charge on any atom is -0.399 e. The molecule has 104 valence electrons. The fourth-order valence-electron chi connectivity index (χ4n) is 2.08. The number of rotatable bonds is 6. The van der Waals surface area contributed by atoms with Crippen LogP contribution in [0.1, 0.15) is 25.3 Å². The molecule has 1 aliphatic rings. The van der Waals surface area contributed by atoms with Crippen molar-refractivity contribution in [2.24, 2.45) is 0 Å². The van der Waals surface area contributed by atoms with Crippen molar-refractivity contribution in [3.8, 4) is 0 Å². The van der Waals surface area contributed by atoms with Crippen molar-refractivity contribution < 1.29 is 4.79 Å². The van der Waals surface area contributed by atoms with Gasteiger partial charge in [-0.3, -0.25) is 9.69 Å². The summed E-state index contributed by atoms with van der Waals surface area (Å²) in [6, 6.07) is 8.49. The molecule has 2 N–H and O–H groups in total. The largest absolute Gasteiger partial charge is 0.399 e. The lowest BCUT2D eigenvalue weighted by atomic mass is 10.2. The molecule has 2 rings (SSSR count). The van der Waals surface area contributed by atoms with Crippen molar-refractivity contribution in [3.05, 3.63) is 29.8 Å². The van der Waals surface area contributed by atoms with Gasteiger partial charge in [-0.25, -0.2) is 0 Å². The lowest BCUT2D eigenvalue weighted by molar-refractivity contribution is -0.131. The Balaban J connectivity index is 1.96. The van der Waals surface area contributed by atoms with Gasteiger partial charge in [0.05, 0.1) is 6.54 Å². The molecule has 1 aliphatic carbocycles. The monoisotopic (exact) mass is 261 g/mol. The molecule has 1 amide bonds. The van der Waals surface area contributed by atoms with Crippen LogP contribution >= 0.6 is 0 Å². The maximum absolute atomic E-state index is 12.0. The summed E-state index contributed by atoms with van der Waals surface area (Å²) in [6.45, 7) is 4.10. The lowest BCUT2D eigenvalue weighted by Crippen LogP contribution is -2.39. The molecule has 1 aromatic rings. The molecule has 4 nitrogen and oxygen atoms in total. The van der Waals surface area contributed by atoms with Gasteiger partial charge >= 0.3 is 0 Å². The van der Waals surface area contributed by atoms with Gasteiger partial charge in [-0.1, -0.05) is 12.1 Å². The smallest absolute Gasteiger partial charge is 0.236 e. The fourth-order valence-corrected chi connectivity index (χ4v) is 2.08. The molecule has 0 unspecified atom stereocenters. The minimum atomic E-state index is 0.199. The maximum Gasteiger partial charge on any atom is 0.236 e. The van der Waals surface area contributed by atoms with E-state index in [1.165, 1.54) is 18.4 Å². The van der Waals surface area contributed by atoms with Gasteiger partial charge in [-0.05, 0) is 37.5 Å². The molecule has 4 heteroatoms. The average molecular weight is 261 g/mol. The minimum absolute atomic E-state index is 0.199. The van der Waals surface area contributed by atoms with E-state index in [9.17, 15) is 4.79 Å². The summed E-state index contributed by atoms with van der Waals surface area (Å²) in [5.74, 6) is 0.199. The first-order valence-corrected chi connectivity index (χ1v) is 6.92. The number of hydrogen-bond donors (Lipinski definition) is 1. The Morgan fingerprint density at radius 1 is 1.32 bits per heavy atom. The van der Waals surface area contributed by atoms with Gasteiger partial charge in [0.15, 0.2) is 0 Å². The Morgan fingerprint density at radius 3 is 2.47 bits per heavy atom. The van der Waals surface area contributed by atoms with Gasteiger partial charge < -0.3 is 10.6 Å². The molecule has 0 spiro atoms. The van der Waals surface area contributed by atoms with E-state index >= 15 is 0 Å². The predicted octanol–water partition coefficient (Wildman–Crippen LogP) is 1.71. The van der Waals surface area contributed by atoms with Crippen molar-refractivity contribution >= 4 is 11.6 Å². The highest BCUT2D eigenvalue weighted by Gasteiger charge is 2.30. The normalized spacial score (nSPS) is 14.7. The van der Waals surface area contributed by atoms with Crippen LogP contribution in [-0.4, -0.2) is 41.9 Å². The summed E-state index contributed by atoms with van der Waals surface area (Å²) in [5, 5.41) is 0. The van der Waals surface area contributed by atoms with Gasteiger partial charge in [0.1, 0.15) is 0 Å². The summed E-state index contributed by atoms with van der Waals surface area (Å²) < 4.78 is 0. The molecule has 0 heterocycles. The third kappa shape index (κ3) is 3.96. The number of benzene rings is 1. The number of nitrogens with zero attached hydrogens (tertiary/aromatic N) is 2. The van der Waals surface area contributed by atoms with Crippen molar-refractivity contribution in [1.82, 2.24) is 9.80 Å². The van der Waals surface area contributed by atoms with Gasteiger partial charge in [0.25, 0.3) is 0 Å². The van der Waals surface area contributed by atoms with Crippen LogP contribution in [0.5, 0.6) is 0 Å². The lowest BCUT2D eigenvalue weighted by Gasteiger charge is -2.24. The quantitative estimate of drug-likeness (QED) is 0.793. The second-order valence-electron chi connectivity index (χ2n) is 5.29. The number of carbonyl (C=O) groups is 1.